The first-order valence-electron chi connectivity index (χ1n) is 7.58. The third kappa shape index (κ3) is 3.58. The van der Waals surface area contributed by atoms with E-state index in [0.29, 0.717) is 12.1 Å². The Morgan fingerprint density at radius 3 is 2.78 bits per heavy atom. The molecule has 18 heavy (non-hydrogen) atoms. The zero-order valence-electron chi connectivity index (χ0n) is 12.1. The molecular weight excluding hydrogens is 238 g/mol. The number of thiophene rings is 1. The third-order valence-corrected chi connectivity index (χ3v) is 5.39. The highest BCUT2D eigenvalue weighted by Crippen LogP contribution is 2.32. The Balaban J connectivity index is 1.92. The summed E-state index contributed by atoms with van der Waals surface area (Å²) in [4.78, 5) is 3.20. The number of rotatable bonds is 6. The minimum atomic E-state index is 0.521. The molecule has 102 valence electrons. The molecule has 1 N–H and O–H groups in total. The first-order valence-corrected chi connectivity index (χ1v) is 8.40. The largest absolute Gasteiger partial charge is 0.307 e. The Morgan fingerprint density at radius 1 is 1.28 bits per heavy atom. The molecule has 0 bridgehead atoms. The van der Waals surface area contributed by atoms with Crippen LogP contribution in [0.1, 0.15) is 74.2 Å². The van der Waals surface area contributed by atoms with Crippen molar-refractivity contribution in [2.45, 2.75) is 77.8 Å². The van der Waals surface area contributed by atoms with Crippen LogP contribution in [0.3, 0.4) is 0 Å². The molecule has 1 aromatic heterocycles. The van der Waals surface area contributed by atoms with Gasteiger partial charge < -0.3 is 5.32 Å². The van der Waals surface area contributed by atoms with E-state index in [-0.39, 0.29) is 0 Å². The summed E-state index contributed by atoms with van der Waals surface area (Å²) in [6.07, 6.45) is 9.34. The van der Waals surface area contributed by atoms with Gasteiger partial charge in [-0.15, -0.1) is 11.3 Å². The van der Waals surface area contributed by atoms with Gasteiger partial charge in [0.25, 0.3) is 0 Å². The van der Waals surface area contributed by atoms with Gasteiger partial charge in [0, 0.05) is 21.8 Å². The maximum absolute atomic E-state index is 3.75. The first-order chi connectivity index (χ1) is 8.70. The van der Waals surface area contributed by atoms with Crippen LogP contribution in [0, 0.1) is 0 Å². The van der Waals surface area contributed by atoms with E-state index in [1.54, 1.807) is 15.3 Å². The van der Waals surface area contributed by atoms with Gasteiger partial charge in [-0.3, -0.25) is 0 Å². The van der Waals surface area contributed by atoms with Crippen molar-refractivity contribution in [2.75, 3.05) is 0 Å². The highest BCUT2D eigenvalue weighted by molar-refractivity contribution is 7.12. The maximum Gasteiger partial charge on any atom is 0.0388 e. The Morgan fingerprint density at radius 2 is 2.06 bits per heavy atom. The van der Waals surface area contributed by atoms with Crippen LogP contribution in [-0.4, -0.2) is 6.04 Å². The molecule has 1 heterocycles. The van der Waals surface area contributed by atoms with Crippen molar-refractivity contribution >= 4 is 11.3 Å². The lowest BCUT2D eigenvalue weighted by Crippen LogP contribution is -2.28. The average Bonchev–Trinajstić information content (AvgIpc) is 2.80. The lowest BCUT2D eigenvalue weighted by Gasteiger charge is -2.18. The van der Waals surface area contributed by atoms with Gasteiger partial charge in [0.15, 0.2) is 0 Å². The van der Waals surface area contributed by atoms with Gasteiger partial charge in [-0.25, -0.2) is 0 Å². The fraction of sp³-hybridized carbons (Fsp3) is 0.750. The molecule has 0 aromatic carbocycles. The van der Waals surface area contributed by atoms with Crippen molar-refractivity contribution in [3.63, 3.8) is 0 Å². The van der Waals surface area contributed by atoms with Crippen molar-refractivity contribution in [2.24, 2.45) is 0 Å². The monoisotopic (exact) mass is 265 g/mol. The van der Waals surface area contributed by atoms with Crippen LogP contribution < -0.4 is 5.32 Å². The van der Waals surface area contributed by atoms with Crippen molar-refractivity contribution in [1.29, 1.82) is 0 Å². The van der Waals surface area contributed by atoms with E-state index >= 15 is 0 Å². The second-order valence-electron chi connectivity index (χ2n) is 5.74. The summed E-state index contributed by atoms with van der Waals surface area (Å²) in [6, 6.07) is 3.62. The standard InChI is InChI=1S/C16H27NS/c1-4-5-8-12(2)17-13(3)16-11-14-9-6-7-10-15(14)18-16/h11-13,17H,4-10H2,1-3H3. The van der Waals surface area contributed by atoms with Crippen LogP contribution in [0.5, 0.6) is 0 Å². The van der Waals surface area contributed by atoms with Crippen LogP contribution in [0.25, 0.3) is 0 Å². The Hall–Kier alpha value is -0.340. The van der Waals surface area contributed by atoms with E-state index in [4.69, 9.17) is 0 Å². The number of fused-ring (bicyclic) bond motifs is 1. The Kier molecular flexibility index (Phi) is 5.25. The molecule has 1 nitrogen and oxygen atoms in total. The highest BCUT2D eigenvalue weighted by Gasteiger charge is 2.17. The van der Waals surface area contributed by atoms with Crippen molar-refractivity contribution in [1.82, 2.24) is 5.32 Å². The highest BCUT2D eigenvalue weighted by atomic mass is 32.1. The van der Waals surface area contributed by atoms with E-state index in [2.05, 4.69) is 32.2 Å². The van der Waals surface area contributed by atoms with Crippen molar-refractivity contribution < 1.29 is 0 Å². The molecule has 2 unspecified atom stereocenters. The van der Waals surface area contributed by atoms with E-state index in [9.17, 15) is 0 Å². The summed E-state index contributed by atoms with van der Waals surface area (Å²) in [7, 11) is 0. The predicted molar refractivity (Wildman–Crippen MR) is 81.5 cm³/mol. The molecule has 0 spiro atoms. The van der Waals surface area contributed by atoms with Crippen LogP contribution in [0.15, 0.2) is 6.07 Å². The van der Waals surface area contributed by atoms with Gasteiger partial charge in [-0.1, -0.05) is 19.8 Å². The van der Waals surface area contributed by atoms with E-state index < -0.39 is 0 Å². The predicted octanol–water partition coefficient (Wildman–Crippen LogP) is 4.86. The molecule has 1 aliphatic carbocycles. The van der Waals surface area contributed by atoms with Crippen molar-refractivity contribution in [3.8, 4) is 0 Å². The maximum atomic E-state index is 3.75. The number of nitrogens with one attached hydrogen (secondary N) is 1. The minimum Gasteiger partial charge on any atom is -0.307 e. The SMILES string of the molecule is CCCCC(C)NC(C)c1cc2c(s1)CCCC2. The molecule has 0 saturated heterocycles. The van der Waals surface area contributed by atoms with Gasteiger partial charge in [0.2, 0.25) is 0 Å². The summed E-state index contributed by atoms with van der Waals surface area (Å²) >= 11 is 2.05. The number of hydrogen-bond donors (Lipinski definition) is 1. The molecule has 2 heteroatoms. The number of hydrogen-bond acceptors (Lipinski definition) is 2. The van der Waals surface area contributed by atoms with Gasteiger partial charge in [-0.2, -0.15) is 0 Å². The summed E-state index contributed by atoms with van der Waals surface area (Å²) < 4.78 is 0. The van der Waals surface area contributed by atoms with Gasteiger partial charge >= 0.3 is 0 Å². The smallest absolute Gasteiger partial charge is 0.0388 e. The number of unbranched alkanes of at least 4 members (excludes halogenated alkanes) is 1. The van der Waals surface area contributed by atoms with Gasteiger partial charge in [0.1, 0.15) is 0 Å². The molecule has 0 saturated carbocycles. The van der Waals surface area contributed by atoms with E-state index in [1.165, 1.54) is 44.9 Å². The first kappa shape index (κ1) is 14.1. The summed E-state index contributed by atoms with van der Waals surface area (Å²) in [6.45, 7) is 6.91. The van der Waals surface area contributed by atoms with E-state index in [0.717, 1.165) is 0 Å². The summed E-state index contributed by atoms with van der Waals surface area (Å²) in [5.74, 6) is 0. The van der Waals surface area contributed by atoms with Crippen LogP contribution >= 0.6 is 11.3 Å². The van der Waals surface area contributed by atoms with Crippen molar-refractivity contribution in [3.05, 3.63) is 21.4 Å². The lowest BCUT2D eigenvalue weighted by atomic mass is 9.99. The summed E-state index contributed by atoms with van der Waals surface area (Å²) in [5, 5.41) is 3.75. The zero-order chi connectivity index (χ0) is 13.0. The molecule has 0 radical (unpaired) electrons. The minimum absolute atomic E-state index is 0.521. The van der Waals surface area contributed by atoms with Gasteiger partial charge in [-0.05, 0) is 57.6 Å². The molecule has 1 aliphatic rings. The Bertz CT molecular complexity index is 346. The van der Waals surface area contributed by atoms with E-state index in [1.807, 2.05) is 11.3 Å². The molecule has 2 atom stereocenters. The molecule has 0 amide bonds. The fourth-order valence-corrected chi connectivity index (χ4v) is 4.10. The third-order valence-electron chi connectivity index (χ3n) is 3.97. The molecule has 1 aromatic rings. The zero-order valence-corrected chi connectivity index (χ0v) is 12.9. The average molecular weight is 265 g/mol. The Labute approximate surface area is 116 Å². The van der Waals surface area contributed by atoms with Gasteiger partial charge in [0.05, 0.1) is 0 Å². The lowest BCUT2D eigenvalue weighted by molar-refractivity contribution is 0.448. The molecular formula is C16H27NS. The van der Waals surface area contributed by atoms with Crippen LogP contribution in [-0.2, 0) is 12.8 Å². The van der Waals surface area contributed by atoms with Crippen LogP contribution in [0.2, 0.25) is 0 Å². The quantitative estimate of drug-likeness (QED) is 0.775. The van der Waals surface area contributed by atoms with Crippen LogP contribution in [0.4, 0.5) is 0 Å². The molecule has 2 rings (SSSR count). The summed E-state index contributed by atoms with van der Waals surface area (Å²) in [5.41, 5.74) is 1.64. The second kappa shape index (κ2) is 6.72. The normalized spacial score (nSPS) is 18.4. The number of aryl methyl sites for hydroxylation is 2. The molecule has 0 aliphatic heterocycles. The fourth-order valence-electron chi connectivity index (χ4n) is 2.83. The topological polar surface area (TPSA) is 12.0 Å². The second-order valence-corrected chi connectivity index (χ2v) is 6.90. The molecule has 0 fully saturated rings.